The van der Waals surface area contributed by atoms with Crippen LogP contribution in [0.4, 0.5) is 5.69 Å². The summed E-state index contributed by atoms with van der Waals surface area (Å²) in [5.74, 6) is 1.06. The van der Waals surface area contributed by atoms with E-state index in [-0.39, 0.29) is 17.8 Å². The lowest BCUT2D eigenvalue weighted by Crippen LogP contribution is -2.18. The minimum Gasteiger partial charge on any atom is -0.376 e. The van der Waals surface area contributed by atoms with Crippen LogP contribution >= 0.6 is 23.1 Å². The molecule has 0 radical (unpaired) electrons. The smallest absolute Gasteiger partial charge is 0.234 e. The first-order valence-corrected chi connectivity index (χ1v) is 10.7. The number of thiophene rings is 1. The maximum absolute atomic E-state index is 12.3. The van der Waals surface area contributed by atoms with Crippen LogP contribution in [-0.4, -0.2) is 39.1 Å². The van der Waals surface area contributed by atoms with Crippen molar-refractivity contribution in [3.8, 4) is 10.7 Å². The van der Waals surface area contributed by atoms with Crippen molar-refractivity contribution in [1.82, 2.24) is 14.8 Å². The molecule has 4 rings (SSSR count). The standard InChI is InChI=1S/C19H20N4O2S2/c24-17(20-14-6-2-1-3-7-14)13-27-19-22-21-18(16-9-5-11-26-16)23(19)12-15-8-4-10-25-15/h1-3,5-7,9,11,15H,4,8,10,12-13H2,(H,20,24). The summed E-state index contributed by atoms with van der Waals surface area (Å²) >= 11 is 3.04. The van der Waals surface area contributed by atoms with Crippen molar-refractivity contribution in [3.63, 3.8) is 0 Å². The molecule has 8 heteroatoms. The van der Waals surface area contributed by atoms with Crippen LogP contribution in [0, 0.1) is 0 Å². The van der Waals surface area contributed by atoms with Gasteiger partial charge in [0, 0.05) is 12.3 Å². The molecule has 0 aliphatic carbocycles. The molecule has 1 N–H and O–H groups in total. The molecule has 1 aromatic carbocycles. The number of rotatable bonds is 7. The lowest BCUT2D eigenvalue weighted by molar-refractivity contribution is -0.113. The number of hydrogen-bond acceptors (Lipinski definition) is 6. The van der Waals surface area contributed by atoms with E-state index in [1.165, 1.54) is 11.8 Å². The van der Waals surface area contributed by atoms with Crippen LogP contribution in [0.1, 0.15) is 12.8 Å². The Labute approximate surface area is 166 Å². The van der Waals surface area contributed by atoms with Gasteiger partial charge in [-0.3, -0.25) is 9.36 Å². The van der Waals surface area contributed by atoms with Gasteiger partial charge in [0.25, 0.3) is 0 Å². The average Bonchev–Trinajstić information content (AvgIpc) is 3.44. The molecule has 1 saturated heterocycles. The van der Waals surface area contributed by atoms with E-state index >= 15 is 0 Å². The Morgan fingerprint density at radius 3 is 2.89 bits per heavy atom. The monoisotopic (exact) mass is 400 g/mol. The minimum absolute atomic E-state index is 0.0597. The van der Waals surface area contributed by atoms with Crippen LogP contribution in [0.25, 0.3) is 10.7 Å². The van der Waals surface area contributed by atoms with Crippen molar-refractivity contribution in [3.05, 3.63) is 47.8 Å². The molecular weight excluding hydrogens is 380 g/mol. The zero-order valence-electron chi connectivity index (χ0n) is 14.7. The van der Waals surface area contributed by atoms with Gasteiger partial charge < -0.3 is 10.1 Å². The van der Waals surface area contributed by atoms with Crippen molar-refractivity contribution in [1.29, 1.82) is 0 Å². The summed E-state index contributed by atoms with van der Waals surface area (Å²) in [6, 6.07) is 13.5. The third kappa shape index (κ3) is 4.58. The first kappa shape index (κ1) is 18.2. The van der Waals surface area contributed by atoms with Crippen molar-refractivity contribution in [2.24, 2.45) is 0 Å². The third-order valence-corrected chi connectivity index (χ3v) is 6.09. The number of para-hydroxylation sites is 1. The van der Waals surface area contributed by atoms with E-state index in [0.29, 0.717) is 6.54 Å². The molecule has 0 saturated carbocycles. The van der Waals surface area contributed by atoms with Gasteiger partial charge in [-0.15, -0.1) is 21.5 Å². The second kappa shape index (κ2) is 8.69. The molecule has 140 valence electrons. The van der Waals surface area contributed by atoms with Gasteiger partial charge in [-0.2, -0.15) is 0 Å². The number of hydrogen-bond donors (Lipinski definition) is 1. The number of benzene rings is 1. The number of anilines is 1. The fraction of sp³-hybridized carbons (Fsp3) is 0.316. The predicted molar refractivity (Wildman–Crippen MR) is 108 cm³/mol. The first-order valence-electron chi connectivity index (χ1n) is 8.86. The number of ether oxygens (including phenoxy) is 1. The van der Waals surface area contributed by atoms with Crippen molar-refractivity contribution >= 4 is 34.7 Å². The number of aromatic nitrogens is 3. The van der Waals surface area contributed by atoms with E-state index in [9.17, 15) is 4.79 Å². The van der Waals surface area contributed by atoms with Crippen LogP contribution in [0.3, 0.4) is 0 Å². The summed E-state index contributed by atoms with van der Waals surface area (Å²) in [5.41, 5.74) is 0.795. The second-order valence-electron chi connectivity index (χ2n) is 6.23. The van der Waals surface area contributed by atoms with E-state index in [4.69, 9.17) is 4.74 Å². The summed E-state index contributed by atoms with van der Waals surface area (Å²) in [6.07, 6.45) is 2.31. The molecule has 6 nitrogen and oxygen atoms in total. The molecule has 3 heterocycles. The largest absolute Gasteiger partial charge is 0.376 e. The van der Waals surface area contributed by atoms with Gasteiger partial charge in [-0.1, -0.05) is 36.0 Å². The number of carbonyl (C=O) groups excluding carboxylic acids is 1. The predicted octanol–water partition coefficient (Wildman–Crippen LogP) is 3.92. The Bertz CT molecular complexity index is 875. The van der Waals surface area contributed by atoms with E-state index in [0.717, 1.165) is 41.0 Å². The Morgan fingerprint density at radius 2 is 2.15 bits per heavy atom. The molecule has 1 unspecified atom stereocenters. The van der Waals surface area contributed by atoms with E-state index in [1.807, 2.05) is 47.8 Å². The summed E-state index contributed by atoms with van der Waals surface area (Å²) < 4.78 is 7.88. The summed E-state index contributed by atoms with van der Waals surface area (Å²) in [5, 5.41) is 14.4. The molecule has 1 aliphatic heterocycles. The van der Waals surface area contributed by atoms with Crippen molar-refractivity contribution in [2.75, 3.05) is 17.7 Å². The highest BCUT2D eigenvalue weighted by atomic mass is 32.2. The van der Waals surface area contributed by atoms with Gasteiger partial charge in [0.15, 0.2) is 11.0 Å². The molecular formula is C19H20N4O2S2. The SMILES string of the molecule is O=C(CSc1nnc(-c2cccs2)n1CC1CCCO1)Nc1ccccc1. The number of amides is 1. The molecule has 2 aromatic heterocycles. The zero-order chi connectivity index (χ0) is 18.5. The molecule has 1 fully saturated rings. The zero-order valence-corrected chi connectivity index (χ0v) is 16.3. The van der Waals surface area contributed by atoms with Crippen LogP contribution in [0.15, 0.2) is 53.0 Å². The normalized spacial score (nSPS) is 16.5. The first-order chi connectivity index (χ1) is 13.3. The Hall–Kier alpha value is -2.16. The number of thioether (sulfide) groups is 1. The maximum atomic E-state index is 12.3. The average molecular weight is 401 g/mol. The van der Waals surface area contributed by atoms with Gasteiger partial charge in [0.1, 0.15) is 0 Å². The van der Waals surface area contributed by atoms with Gasteiger partial charge in [0.2, 0.25) is 5.91 Å². The van der Waals surface area contributed by atoms with Gasteiger partial charge >= 0.3 is 0 Å². The fourth-order valence-electron chi connectivity index (χ4n) is 2.99. The molecule has 3 aromatic rings. The molecule has 0 spiro atoms. The summed E-state index contributed by atoms with van der Waals surface area (Å²) in [6.45, 7) is 1.52. The van der Waals surface area contributed by atoms with Crippen molar-refractivity contribution < 1.29 is 9.53 Å². The summed E-state index contributed by atoms with van der Waals surface area (Å²) in [7, 11) is 0. The topological polar surface area (TPSA) is 69.0 Å². The highest BCUT2D eigenvalue weighted by Gasteiger charge is 2.22. The van der Waals surface area contributed by atoms with Crippen LogP contribution < -0.4 is 5.32 Å². The molecule has 1 amide bonds. The van der Waals surface area contributed by atoms with E-state index in [2.05, 4.69) is 20.1 Å². The highest BCUT2D eigenvalue weighted by Crippen LogP contribution is 2.29. The Kier molecular flexibility index (Phi) is 5.86. The van der Waals surface area contributed by atoms with Gasteiger partial charge in [0.05, 0.1) is 23.3 Å². The molecule has 27 heavy (non-hydrogen) atoms. The molecule has 1 aliphatic rings. The van der Waals surface area contributed by atoms with Crippen LogP contribution in [0.5, 0.6) is 0 Å². The lowest BCUT2D eigenvalue weighted by Gasteiger charge is -2.14. The fourth-order valence-corrected chi connectivity index (χ4v) is 4.45. The molecule has 0 bridgehead atoms. The van der Waals surface area contributed by atoms with Gasteiger partial charge in [-0.05, 0) is 36.4 Å². The third-order valence-electron chi connectivity index (χ3n) is 4.26. The van der Waals surface area contributed by atoms with Crippen LogP contribution in [-0.2, 0) is 16.1 Å². The van der Waals surface area contributed by atoms with Crippen LogP contribution in [0.2, 0.25) is 0 Å². The number of nitrogens with zero attached hydrogens (tertiary/aromatic N) is 3. The number of nitrogens with one attached hydrogen (secondary N) is 1. The maximum Gasteiger partial charge on any atom is 0.234 e. The number of carbonyl (C=O) groups is 1. The lowest BCUT2D eigenvalue weighted by atomic mass is 10.2. The Morgan fingerprint density at radius 1 is 1.26 bits per heavy atom. The second-order valence-corrected chi connectivity index (χ2v) is 8.12. The minimum atomic E-state index is -0.0597. The highest BCUT2D eigenvalue weighted by molar-refractivity contribution is 7.99. The van der Waals surface area contributed by atoms with E-state index < -0.39 is 0 Å². The Balaban J connectivity index is 1.47. The van der Waals surface area contributed by atoms with Gasteiger partial charge in [-0.25, -0.2) is 0 Å². The molecule has 1 atom stereocenters. The quantitative estimate of drug-likeness (QED) is 0.609. The van der Waals surface area contributed by atoms with Crippen molar-refractivity contribution in [2.45, 2.75) is 30.6 Å². The van der Waals surface area contributed by atoms with E-state index in [1.54, 1.807) is 11.3 Å². The summed E-state index contributed by atoms with van der Waals surface area (Å²) in [4.78, 5) is 13.3.